The van der Waals surface area contributed by atoms with E-state index in [-0.39, 0.29) is 11.7 Å². The minimum atomic E-state index is -1.01. The molecule has 0 spiro atoms. The van der Waals surface area contributed by atoms with Crippen molar-refractivity contribution in [2.45, 2.75) is 66.6 Å². The number of halogens is 1. The minimum Gasteiger partial charge on any atom is -0.488 e. The number of carbonyl (C=O) groups excluding carboxylic acids is 1. The van der Waals surface area contributed by atoms with E-state index in [1.54, 1.807) is 12.1 Å². The van der Waals surface area contributed by atoms with Gasteiger partial charge in [-0.25, -0.2) is 9.37 Å². The summed E-state index contributed by atoms with van der Waals surface area (Å²) >= 11 is 0. The van der Waals surface area contributed by atoms with Gasteiger partial charge in [-0.15, -0.1) is 0 Å². The molecule has 2 aromatic carbocycles. The highest BCUT2D eigenvalue weighted by atomic mass is 19.1. The molecule has 1 aliphatic heterocycles. The van der Waals surface area contributed by atoms with Crippen LogP contribution in [0.3, 0.4) is 0 Å². The Labute approximate surface area is 200 Å². The van der Waals surface area contributed by atoms with Gasteiger partial charge in [0.25, 0.3) is 5.91 Å². The Bertz CT molecular complexity index is 1230. The summed E-state index contributed by atoms with van der Waals surface area (Å²) in [6.45, 7) is 12.1. The summed E-state index contributed by atoms with van der Waals surface area (Å²) in [7, 11) is 0. The number of nitrogens with zero attached hydrogens (tertiary/aromatic N) is 1. The van der Waals surface area contributed by atoms with E-state index in [2.05, 4.69) is 10.3 Å². The Hall–Kier alpha value is -3.41. The molecule has 1 aromatic heterocycles. The maximum atomic E-state index is 13.2. The summed E-state index contributed by atoms with van der Waals surface area (Å²) < 4.78 is 25.8. The molecular weight excluding hydrogens is 431 g/mol. The number of benzene rings is 2. The molecule has 0 fully saturated rings. The Morgan fingerprint density at radius 2 is 1.79 bits per heavy atom. The van der Waals surface area contributed by atoms with Crippen LogP contribution in [0.25, 0.3) is 0 Å². The highest BCUT2D eigenvalue weighted by molar-refractivity contribution is 5.97. The molecule has 5 nitrogen and oxygen atoms in total. The maximum Gasteiger partial charge on any atom is 0.269 e. The number of hydrogen-bond donors (Lipinski definition) is 1. The number of fused-ring (bicyclic) bond motifs is 1. The van der Waals surface area contributed by atoms with Gasteiger partial charge < -0.3 is 14.8 Å². The van der Waals surface area contributed by atoms with Crippen molar-refractivity contribution in [1.29, 1.82) is 0 Å². The molecule has 1 atom stereocenters. The van der Waals surface area contributed by atoms with Crippen LogP contribution in [0, 0.1) is 40.4 Å². The first-order valence-corrected chi connectivity index (χ1v) is 11.5. The number of pyridine rings is 1. The average Bonchev–Trinajstić information content (AvgIpc) is 2.78. The summed E-state index contributed by atoms with van der Waals surface area (Å²) in [5.41, 5.74) is 5.79. The summed E-state index contributed by atoms with van der Waals surface area (Å²) in [4.78, 5) is 17.7. The number of nitrogens with one attached hydrogen (secondary N) is 1. The van der Waals surface area contributed by atoms with Crippen LogP contribution in [0.2, 0.25) is 0 Å². The molecule has 178 valence electrons. The third kappa shape index (κ3) is 4.63. The molecule has 0 bridgehead atoms. The van der Waals surface area contributed by atoms with Crippen LogP contribution in [0.5, 0.6) is 11.5 Å². The Morgan fingerprint density at radius 1 is 1.09 bits per heavy atom. The van der Waals surface area contributed by atoms with Crippen LogP contribution < -0.4 is 14.8 Å². The molecule has 6 heteroatoms. The number of aryl methyl sites for hydroxylation is 2. The monoisotopic (exact) mass is 462 g/mol. The number of aromatic nitrogens is 1. The van der Waals surface area contributed by atoms with Crippen LogP contribution in [-0.4, -0.2) is 16.5 Å². The van der Waals surface area contributed by atoms with Crippen LogP contribution in [0.15, 0.2) is 36.4 Å². The average molecular weight is 463 g/mol. The molecule has 1 amide bonds. The van der Waals surface area contributed by atoms with Crippen LogP contribution >= 0.6 is 0 Å². The fraction of sp³-hybridized carbons (Fsp3) is 0.357. The van der Waals surface area contributed by atoms with Crippen LogP contribution in [0.1, 0.15) is 52.4 Å². The van der Waals surface area contributed by atoms with E-state index in [9.17, 15) is 9.18 Å². The predicted molar refractivity (Wildman–Crippen MR) is 131 cm³/mol. The molecule has 34 heavy (non-hydrogen) atoms. The number of carbonyl (C=O) groups is 1. The Balaban J connectivity index is 1.57. The normalized spacial score (nSPS) is 17.0. The van der Waals surface area contributed by atoms with Gasteiger partial charge in [-0.3, -0.25) is 4.79 Å². The van der Waals surface area contributed by atoms with Crippen molar-refractivity contribution in [1.82, 2.24) is 4.98 Å². The molecule has 3 aromatic rings. The molecule has 1 aliphatic rings. The molecule has 0 aliphatic carbocycles. The van der Waals surface area contributed by atoms with Gasteiger partial charge in [0, 0.05) is 17.7 Å². The zero-order valence-electron chi connectivity index (χ0n) is 20.6. The van der Waals surface area contributed by atoms with Crippen molar-refractivity contribution in [3.05, 3.63) is 81.3 Å². The topological polar surface area (TPSA) is 60.5 Å². The van der Waals surface area contributed by atoms with E-state index < -0.39 is 5.60 Å². The van der Waals surface area contributed by atoms with Gasteiger partial charge in [-0.1, -0.05) is 12.1 Å². The van der Waals surface area contributed by atoms with Gasteiger partial charge in [0.05, 0.1) is 0 Å². The van der Waals surface area contributed by atoms with Gasteiger partial charge >= 0.3 is 0 Å². The number of anilines is 1. The lowest BCUT2D eigenvalue weighted by atomic mass is 9.86. The largest absolute Gasteiger partial charge is 0.488 e. The van der Waals surface area contributed by atoms with Crippen molar-refractivity contribution >= 4 is 11.7 Å². The molecule has 0 saturated carbocycles. The van der Waals surface area contributed by atoms with Crippen molar-refractivity contribution in [3.8, 4) is 11.5 Å². The summed E-state index contributed by atoms with van der Waals surface area (Å²) in [6, 6.07) is 10.1. The number of ether oxygens (including phenoxy) is 2. The summed E-state index contributed by atoms with van der Waals surface area (Å²) in [5, 5.41) is 2.94. The third-order valence-corrected chi connectivity index (χ3v) is 6.61. The fourth-order valence-corrected chi connectivity index (χ4v) is 4.50. The smallest absolute Gasteiger partial charge is 0.269 e. The lowest BCUT2D eigenvalue weighted by Crippen LogP contribution is -2.48. The summed E-state index contributed by atoms with van der Waals surface area (Å²) in [6.07, 6.45) is 1.23. The molecule has 1 N–H and O–H groups in total. The molecule has 1 unspecified atom stereocenters. The SMILES string of the molecule is Cc1cc(C)nc(NC(=O)C2(C)CCc3c(C)c(OCc4ccc(F)cc4)c(C)c(C)c3O2)c1. The highest BCUT2D eigenvalue weighted by Crippen LogP contribution is 2.44. The quantitative estimate of drug-likeness (QED) is 0.500. The fourth-order valence-electron chi connectivity index (χ4n) is 4.50. The molecular formula is C28H31FN2O3. The van der Waals surface area contributed by atoms with Gasteiger partial charge in [-0.05, 0) is 100 Å². The van der Waals surface area contributed by atoms with E-state index in [4.69, 9.17) is 9.47 Å². The van der Waals surface area contributed by atoms with Crippen molar-refractivity contribution in [2.24, 2.45) is 0 Å². The molecule has 0 radical (unpaired) electrons. The van der Waals surface area contributed by atoms with Crippen molar-refractivity contribution in [3.63, 3.8) is 0 Å². The standard InChI is InChI=1S/C28H31FN2O3/c1-16-13-17(2)30-24(14-16)31-27(32)28(6)12-11-23-20(5)25(18(3)19(4)26(23)34-28)33-15-21-7-9-22(29)10-8-21/h7-10,13-14H,11-12,15H2,1-6H3,(H,30,31,32). The van der Waals surface area contributed by atoms with Gasteiger partial charge in [0.15, 0.2) is 5.60 Å². The number of amides is 1. The second kappa shape index (κ2) is 9.09. The van der Waals surface area contributed by atoms with Crippen LogP contribution in [0.4, 0.5) is 10.2 Å². The van der Waals surface area contributed by atoms with Crippen molar-refractivity contribution in [2.75, 3.05) is 5.32 Å². The Morgan fingerprint density at radius 3 is 2.47 bits per heavy atom. The van der Waals surface area contributed by atoms with E-state index in [1.807, 2.05) is 53.7 Å². The zero-order chi connectivity index (χ0) is 24.6. The maximum absolute atomic E-state index is 13.2. The zero-order valence-corrected chi connectivity index (χ0v) is 20.6. The third-order valence-electron chi connectivity index (χ3n) is 6.61. The van der Waals surface area contributed by atoms with Gasteiger partial charge in [-0.2, -0.15) is 0 Å². The van der Waals surface area contributed by atoms with Crippen LogP contribution in [-0.2, 0) is 17.8 Å². The molecule has 0 saturated heterocycles. The van der Waals surface area contributed by atoms with E-state index in [1.165, 1.54) is 12.1 Å². The first kappa shape index (κ1) is 23.7. The highest BCUT2D eigenvalue weighted by Gasteiger charge is 2.41. The van der Waals surface area contributed by atoms with E-state index in [0.29, 0.717) is 25.3 Å². The summed E-state index contributed by atoms with van der Waals surface area (Å²) in [5.74, 6) is 1.63. The first-order chi connectivity index (χ1) is 16.1. The second-order valence-corrected chi connectivity index (χ2v) is 9.39. The van der Waals surface area contributed by atoms with E-state index in [0.717, 1.165) is 50.6 Å². The Kier molecular flexibility index (Phi) is 6.34. The van der Waals surface area contributed by atoms with Crippen molar-refractivity contribution < 1.29 is 18.7 Å². The lowest BCUT2D eigenvalue weighted by molar-refractivity contribution is -0.131. The lowest BCUT2D eigenvalue weighted by Gasteiger charge is -2.37. The molecule has 4 rings (SSSR count). The predicted octanol–water partition coefficient (Wildman–Crippen LogP) is 6.06. The second-order valence-electron chi connectivity index (χ2n) is 9.39. The number of hydrogen-bond acceptors (Lipinski definition) is 4. The molecule has 2 heterocycles. The number of rotatable bonds is 5. The first-order valence-electron chi connectivity index (χ1n) is 11.5. The van der Waals surface area contributed by atoms with Gasteiger partial charge in [0.2, 0.25) is 0 Å². The van der Waals surface area contributed by atoms with E-state index >= 15 is 0 Å². The van der Waals surface area contributed by atoms with Gasteiger partial charge in [0.1, 0.15) is 29.7 Å². The minimum absolute atomic E-state index is 0.206.